The van der Waals surface area contributed by atoms with E-state index < -0.39 is 5.60 Å². The number of ether oxygens (including phenoxy) is 1. The maximum atomic E-state index is 10.3. The van der Waals surface area contributed by atoms with Crippen LogP contribution >= 0.6 is 0 Å². The molecule has 1 aliphatic rings. The molecule has 13 heavy (non-hydrogen) atoms. The fourth-order valence-electron chi connectivity index (χ4n) is 1.89. The molecule has 0 aliphatic carbocycles. The van der Waals surface area contributed by atoms with Crippen LogP contribution in [0, 0.1) is 5.41 Å². The van der Waals surface area contributed by atoms with E-state index in [0.29, 0.717) is 0 Å². The Morgan fingerprint density at radius 3 is 2.31 bits per heavy atom. The second kappa shape index (κ2) is 3.25. The van der Waals surface area contributed by atoms with Crippen LogP contribution in [-0.4, -0.2) is 22.9 Å². The van der Waals surface area contributed by atoms with Gasteiger partial charge in [-0.15, -0.1) is 0 Å². The largest absolute Gasteiger partial charge is 0.389 e. The van der Waals surface area contributed by atoms with Gasteiger partial charge in [0.15, 0.2) is 0 Å². The van der Waals surface area contributed by atoms with Crippen molar-refractivity contribution in [1.29, 1.82) is 0 Å². The fourth-order valence-corrected chi connectivity index (χ4v) is 1.89. The maximum absolute atomic E-state index is 10.3. The molecule has 0 bridgehead atoms. The Morgan fingerprint density at radius 1 is 1.38 bits per heavy atom. The molecule has 1 saturated heterocycles. The number of aliphatic hydroxyl groups is 1. The van der Waals surface area contributed by atoms with Gasteiger partial charge in [0.1, 0.15) is 0 Å². The molecule has 3 atom stereocenters. The predicted molar refractivity (Wildman–Crippen MR) is 53.6 cm³/mol. The van der Waals surface area contributed by atoms with E-state index in [-0.39, 0.29) is 17.6 Å². The minimum absolute atomic E-state index is 0.126. The second-order valence-electron chi connectivity index (χ2n) is 5.01. The van der Waals surface area contributed by atoms with E-state index in [1.54, 1.807) is 0 Å². The average Bonchev–Trinajstić information content (AvgIpc) is 2.00. The minimum Gasteiger partial charge on any atom is -0.389 e. The first kappa shape index (κ1) is 11.0. The standard InChI is InChI=1S/C11H22O2/c1-6-9-7-11(5,12)10(3,4)8(2)13-9/h8-9,12H,6-7H2,1-5H3. The van der Waals surface area contributed by atoms with Gasteiger partial charge in [0.05, 0.1) is 17.8 Å². The Kier molecular flexibility index (Phi) is 2.75. The van der Waals surface area contributed by atoms with Gasteiger partial charge in [0.25, 0.3) is 0 Å². The highest BCUT2D eigenvalue weighted by Gasteiger charge is 2.49. The van der Waals surface area contributed by atoms with E-state index in [9.17, 15) is 5.11 Å². The monoisotopic (exact) mass is 186 g/mol. The van der Waals surface area contributed by atoms with Crippen molar-refractivity contribution in [2.24, 2.45) is 5.41 Å². The highest BCUT2D eigenvalue weighted by Crippen LogP contribution is 2.44. The summed E-state index contributed by atoms with van der Waals surface area (Å²) >= 11 is 0. The van der Waals surface area contributed by atoms with Gasteiger partial charge in [0.2, 0.25) is 0 Å². The van der Waals surface area contributed by atoms with Gasteiger partial charge in [-0.3, -0.25) is 0 Å². The quantitative estimate of drug-likeness (QED) is 0.681. The molecule has 0 aromatic rings. The van der Waals surface area contributed by atoms with Crippen LogP contribution in [0.2, 0.25) is 0 Å². The first-order valence-electron chi connectivity index (χ1n) is 5.19. The molecule has 1 rings (SSSR count). The summed E-state index contributed by atoms with van der Waals surface area (Å²) in [6, 6.07) is 0. The second-order valence-corrected chi connectivity index (χ2v) is 5.01. The number of hydrogen-bond acceptors (Lipinski definition) is 2. The lowest BCUT2D eigenvalue weighted by Gasteiger charge is -2.50. The SMILES string of the molecule is CCC1CC(C)(O)C(C)(C)C(C)O1. The molecule has 1 heterocycles. The number of hydrogen-bond donors (Lipinski definition) is 1. The van der Waals surface area contributed by atoms with Gasteiger partial charge < -0.3 is 9.84 Å². The van der Waals surface area contributed by atoms with Gasteiger partial charge in [-0.25, -0.2) is 0 Å². The maximum Gasteiger partial charge on any atom is 0.0719 e. The predicted octanol–water partition coefficient (Wildman–Crippen LogP) is 2.35. The molecule has 1 N–H and O–H groups in total. The van der Waals surface area contributed by atoms with E-state index >= 15 is 0 Å². The Balaban J connectivity index is 2.82. The summed E-state index contributed by atoms with van der Waals surface area (Å²) in [6.45, 7) is 10.2. The number of rotatable bonds is 1. The molecular weight excluding hydrogens is 164 g/mol. The summed E-state index contributed by atoms with van der Waals surface area (Å²) in [5, 5.41) is 10.3. The van der Waals surface area contributed by atoms with E-state index in [0.717, 1.165) is 12.8 Å². The van der Waals surface area contributed by atoms with Gasteiger partial charge in [-0.2, -0.15) is 0 Å². The van der Waals surface area contributed by atoms with Crippen LogP contribution in [-0.2, 0) is 4.74 Å². The Bertz CT molecular complexity index is 185. The van der Waals surface area contributed by atoms with E-state index in [1.165, 1.54) is 0 Å². The highest BCUT2D eigenvalue weighted by atomic mass is 16.5. The fraction of sp³-hybridized carbons (Fsp3) is 1.00. The Morgan fingerprint density at radius 2 is 1.92 bits per heavy atom. The first-order valence-corrected chi connectivity index (χ1v) is 5.19. The third-order valence-corrected chi connectivity index (χ3v) is 3.88. The van der Waals surface area contributed by atoms with Crippen molar-refractivity contribution in [2.45, 2.75) is 65.3 Å². The van der Waals surface area contributed by atoms with Crippen LogP contribution in [0.3, 0.4) is 0 Å². The van der Waals surface area contributed by atoms with Gasteiger partial charge in [-0.05, 0) is 20.3 Å². The molecule has 3 unspecified atom stereocenters. The van der Waals surface area contributed by atoms with E-state index in [4.69, 9.17) is 4.74 Å². The van der Waals surface area contributed by atoms with Crippen molar-refractivity contribution in [3.8, 4) is 0 Å². The highest BCUT2D eigenvalue weighted by molar-refractivity contribution is 4.98. The van der Waals surface area contributed by atoms with Crippen LogP contribution in [0.1, 0.15) is 47.5 Å². The lowest BCUT2D eigenvalue weighted by Crippen LogP contribution is -2.56. The molecule has 2 heteroatoms. The summed E-state index contributed by atoms with van der Waals surface area (Å²) in [5.74, 6) is 0. The lowest BCUT2D eigenvalue weighted by atomic mass is 9.67. The van der Waals surface area contributed by atoms with E-state index in [2.05, 4.69) is 27.7 Å². The molecular formula is C11H22O2. The van der Waals surface area contributed by atoms with Gasteiger partial charge in [-0.1, -0.05) is 20.8 Å². The van der Waals surface area contributed by atoms with Crippen LogP contribution in [0.4, 0.5) is 0 Å². The molecule has 1 fully saturated rings. The Hall–Kier alpha value is -0.0800. The van der Waals surface area contributed by atoms with Crippen LogP contribution < -0.4 is 0 Å². The third-order valence-electron chi connectivity index (χ3n) is 3.88. The third kappa shape index (κ3) is 1.75. The summed E-state index contributed by atoms with van der Waals surface area (Å²) in [7, 11) is 0. The normalized spacial score (nSPS) is 44.8. The van der Waals surface area contributed by atoms with Crippen molar-refractivity contribution < 1.29 is 9.84 Å². The summed E-state index contributed by atoms with van der Waals surface area (Å²) in [5.41, 5.74) is -0.760. The topological polar surface area (TPSA) is 29.5 Å². The minimum atomic E-state index is -0.606. The van der Waals surface area contributed by atoms with E-state index in [1.807, 2.05) is 6.92 Å². The zero-order chi connectivity index (χ0) is 10.3. The summed E-state index contributed by atoms with van der Waals surface area (Å²) in [6.07, 6.45) is 2.08. The molecule has 78 valence electrons. The van der Waals surface area contributed by atoms with Crippen molar-refractivity contribution in [2.75, 3.05) is 0 Å². The molecule has 0 aromatic carbocycles. The smallest absolute Gasteiger partial charge is 0.0719 e. The summed E-state index contributed by atoms with van der Waals surface area (Å²) < 4.78 is 5.83. The first-order chi connectivity index (χ1) is 5.81. The molecule has 0 radical (unpaired) electrons. The zero-order valence-electron chi connectivity index (χ0n) is 9.42. The molecule has 0 spiro atoms. The Labute approximate surface area is 81.3 Å². The van der Waals surface area contributed by atoms with Crippen molar-refractivity contribution in [1.82, 2.24) is 0 Å². The van der Waals surface area contributed by atoms with Crippen molar-refractivity contribution in [3.63, 3.8) is 0 Å². The van der Waals surface area contributed by atoms with Crippen LogP contribution in [0.15, 0.2) is 0 Å². The molecule has 1 aliphatic heterocycles. The molecule has 2 nitrogen and oxygen atoms in total. The van der Waals surface area contributed by atoms with Crippen molar-refractivity contribution >= 4 is 0 Å². The van der Waals surface area contributed by atoms with Crippen LogP contribution in [0.5, 0.6) is 0 Å². The molecule has 0 aromatic heterocycles. The van der Waals surface area contributed by atoms with Crippen LogP contribution in [0.25, 0.3) is 0 Å². The van der Waals surface area contributed by atoms with Gasteiger partial charge in [0, 0.05) is 11.8 Å². The summed E-state index contributed by atoms with van der Waals surface area (Å²) in [4.78, 5) is 0. The average molecular weight is 186 g/mol. The molecule has 0 amide bonds. The zero-order valence-corrected chi connectivity index (χ0v) is 9.42. The van der Waals surface area contributed by atoms with Crippen molar-refractivity contribution in [3.05, 3.63) is 0 Å². The van der Waals surface area contributed by atoms with Gasteiger partial charge >= 0.3 is 0 Å². The molecule has 0 saturated carbocycles. The lowest BCUT2D eigenvalue weighted by molar-refractivity contribution is -0.212.